The van der Waals surface area contributed by atoms with Crippen LogP contribution in [0.1, 0.15) is 44.6 Å². The molecule has 2 rings (SSSR count). The normalized spacial score (nSPS) is 21.4. The smallest absolute Gasteiger partial charge is 0.107 e. The van der Waals surface area contributed by atoms with Crippen molar-refractivity contribution in [2.75, 3.05) is 0 Å². The average Bonchev–Trinajstić information content (AvgIpc) is 2.39. The lowest BCUT2D eigenvalue weighted by molar-refractivity contribution is -0.0633. The largest absolute Gasteiger partial charge is 0.384 e. The zero-order valence-electron chi connectivity index (χ0n) is 10.9. The van der Waals surface area contributed by atoms with E-state index in [0.717, 1.165) is 36.6 Å². The molecule has 19 heavy (non-hydrogen) atoms. The Morgan fingerprint density at radius 3 is 2.53 bits per heavy atom. The molecule has 4 heteroatoms. The number of aliphatic hydroxyl groups is 1. The molecule has 1 fully saturated rings. The zero-order chi connectivity index (χ0) is 14.1. The Balaban J connectivity index is 2.48. The summed E-state index contributed by atoms with van der Waals surface area (Å²) in [5.74, 6) is 0. The Kier molecular flexibility index (Phi) is 4.25. The first-order valence-corrected chi connectivity index (χ1v) is 7.69. The van der Waals surface area contributed by atoms with Crippen LogP contribution in [0.4, 0.5) is 0 Å². The van der Waals surface area contributed by atoms with Gasteiger partial charge in [-0.25, -0.2) is 0 Å². The summed E-state index contributed by atoms with van der Waals surface area (Å²) in [7, 11) is 0. The van der Waals surface area contributed by atoms with Crippen LogP contribution in [0.5, 0.6) is 0 Å². The molecule has 0 spiro atoms. The van der Waals surface area contributed by atoms with Crippen LogP contribution >= 0.6 is 27.5 Å². The van der Waals surface area contributed by atoms with Crippen molar-refractivity contribution in [2.24, 2.45) is 5.41 Å². The minimum Gasteiger partial charge on any atom is -0.384 e. The van der Waals surface area contributed by atoms with Crippen molar-refractivity contribution in [3.8, 4) is 6.07 Å². The molecule has 1 atom stereocenters. The summed E-state index contributed by atoms with van der Waals surface area (Å²) in [4.78, 5) is 0. The maximum absolute atomic E-state index is 11.0. The van der Waals surface area contributed by atoms with Gasteiger partial charge in [-0.05, 0) is 31.9 Å². The average molecular weight is 343 g/mol. The van der Waals surface area contributed by atoms with Crippen LogP contribution in [0.15, 0.2) is 22.7 Å². The fraction of sp³-hybridized carbons (Fsp3) is 0.533. The molecule has 0 bridgehead atoms. The molecule has 1 aliphatic rings. The summed E-state index contributed by atoms with van der Waals surface area (Å²) < 4.78 is 0.867. The van der Waals surface area contributed by atoms with E-state index in [9.17, 15) is 10.4 Å². The van der Waals surface area contributed by atoms with Crippen LogP contribution in [-0.2, 0) is 5.60 Å². The molecule has 0 radical (unpaired) electrons. The fourth-order valence-corrected chi connectivity index (χ4v) is 3.86. The third-order valence-corrected chi connectivity index (χ3v) is 5.11. The van der Waals surface area contributed by atoms with E-state index < -0.39 is 11.0 Å². The van der Waals surface area contributed by atoms with E-state index in [2.05, 4.69) is 22.0 Å². The van der Waals surface area contributed by atoms with Gasteiger partial charge in [0.2, 0.25) is 0 Å². The van der Waals surface area contributed by atoms with Gasteiger partial charge in [0.05, 0.1) is 11.5 Å². The Morgan fingerprint density at radius 2 is 2.00 bits per heavy atom. The zero-order valence-corrected chi connectivity index (χ0v) is 13.3. The molecule has 1 aromatic rings. The topological polar surface area (TPSA) is 44.0 Å². The van der Waals surface area contributed by atoms with Gasteiger partial charge in [0.15, 0.2) is 0 Å². The van der Waals surface area contributed by atoms with Gasteiger partial charge in [0.25, 0.3) is 0 Å². The number of benzene rings is 1. The van der Waals surface area contributed by atoms with Gasteiger partial charge in [-0.15, -0.1) is 0 Å². The molecule has 0 heterocycles. The third kappa shape index (κ3) is 2.54. The predicted octanol–water partition coefficient (Wildman–Crippen LogP) is 4.78. The Bertz CT molecular complexity index is 515. The predicted molar refractivity (Wildman–Crippen MR) is 79.9 cm³/mol. The summed E-state index contributed by atoms with van der Waals surface area (Å²) in [6, 6.07) is 7.80. The second-order valence-electron chi connectivity index (χ2n) is 5.45. The summed E-state index contributed by atoms with van der Waals surface area (Å²) >= 11 is 9.61. The van der Waals surface area contributed by atoms with Crippen molar-refractivity contribution < 1.29 is 5.11 Å². The molecular formula is C15H17BrClNO. The Hall–Kier alpha value is -0.560. The van der Waals surface area contributed by atoms with Gasteiger partial charge in [0, 0.05) is 15.1 Å². The number of nitriles is 1. The lowest BCUT2D eigenvalue weighted by atomic mass is 9.62. The van der Waals surface area contributed by atoms with Gasteiger partial charge in [-0.2, -0.15) is 5.26 Å². The highest BCUT2D eigenvalue weighted by Gasteiger charge is 2.49. The molecule has 0 saturated heterocycles. The molecule has 2 nitrogen and oxygen atoms in total. The maximum Gasteiger partial charge on any atom is 0.107 e. The molecular weight excluding hydrogens is 326 g/mol. The maximum atomic E-state index is 11.0. The molecule has 1 unspecified atom stereocenters. The molecule has 0 aromatic heterocycles. The molecule has 102 valence electrons. The minimum atomic E-state index is -1.22. The number of hydrogen-bond donors (Lipinski definition) is 1. The van der Waals surface area contributed by atoms with Gasteiger partial charge in [-0.1, -0.05) is 52.9 Å². The summed E-state index contributed by atoms with van der Waals surface area (Å²) in [6.07, 6.45) is 4.55. The van der Waals surface area contributed by atoms with E-state index in [1.54, 1.807) is 19.1 Å². The molecule has 1 aromatic carbocycles. The highest BCUT2D eigenvalue weighted by Crippen LogP contribution is 2.50. The monoisotopic (exact) mass is 341 g/mol. The van der Waals surface area contributed by atoms with E-state index in [1.807, 2.05) is 6.07 Å². The molecule has 1 saturated carbocycles. The van der Waals surface area contributed by atoms with E-state index in [1.165, 1.54) is 0 Å². The summed E-state index contributed by atoms with van der Waals surface area (Å²) in [6.45, 7) is 1.72. The van der Waals surface area contributed by atoms with Crippen molar-refractivity contribution >= 4 is 27.5 Å². The SMILES string of the molecule is CC(O)(c1ccc(Br)cc1Cl)C1(C#N)CCCCC1. The molecule has 0 aliphatic heterocycles. The van der Waals surface area contributed by atoms with E-state index >= 15 is 0 Å². The lowest BCUT2D eigenvalue weighted by Crippen LogP contribution is -2.44. The van der Waals surface area contributed by atoms with Crippen molar-refractivity contribution in [2.45, 2.75) is 44.6 Å². The van der Waals surface area contributed by atoms with E-state index in [4.69, 9.17) is 11.6 Å². The first-order chi connectivity index (χ1) is 8.93. The highest BCUT2D eigenvalue weighted by molar-refractivity contribution is 9.10. The number of hydrogen-bond acceptors (Lipinski definition) is 2. The van der Waals surface area contributed by atoms with Crippen LogP contribution in [0.25, 0.3) is 0 Å². The van der Waals surface area contributed by atoms with Crippen LogP contribution in [0, 0.1) is 16.7 Å². The summed E-state index contributed by atoms with van der Waals surface area (Å²) in [5, 5.41) is 21.1. The second kappa shape index (κ2) is 5.44. The first-order valence-electron chi connectivity index (χ1n) is 6.52. The first kappa shape index (κ1) is 14.8. The molecule has 1 N–H and O–H groups in total. The number of rotatable bonds is 2. The van der Waals surface area contributed by atoms with Gasteiger partial charge in [0.1, 0.15) is 5.60 Å². The number of nitrogens with zero attached hydrogens (tertiary/aromatic N) is 1. The van der Waals surface area contributed by atoms with Crippen LogP contribution in [0.2, 0.25) is 5.02 Å². The van der Waals surface area contributed by atoms with Crippen LogP contribution < -0.4 is 0 Å². The second-order valence-corrected chi connectivity index (χ2v) is 6.77. The Morgan fingerprint density at radius 1 is 1.37 bits per heavy atom. The van der Waals surface area contributed by atoms with Crippen molar-refractivity contribution in [1.29, 1.82) is 5.26 Å². The highest BCUT2D eigenvalue weighted by atomic mass is 79.9. The quantitative estimate of drug-likeness (QED) is 0.840. The van der Waals surface area contributed by atoms with Gasteiger partial charge in [-0.3, -0.25) is 0 Å². The fourth-order valence-electron chi connectivity index (χ4n) is 3.00. The van der Waals surface area contributed by atoms with Gasteiger partial charge >= 0.3 is 0 Å². The molecule has 0 amide bonds. The van der Waals surface area contributed by atoms with E-state index in [-0.39, 0.29) is 0 Å². The summed E-state index contributed by atoms with van der Waals surface area (Å²) in [5.41, 5.74) is -1.32. The van der Waals surface area contributed by atoms with Crippen LogP contribution in [-0.4, -0.2) is 5.11 Å². The van der Waals surface area contributed by atoms with Crippen molar-refractivity contribution in [1.82, 2.24) is 0 Å². The van der Waals surface area contributed by atoms with E-state index in [0.29, 0.717) is 10.6 Å². The minimum absolute atomic E-state index is 0.500. The third-order valence-electron chi connectivity index (χ3n) is 4.31. The Labute approximate surface area is 127 Å². The standard InChI is InChI=1S/C15H17BrClNO/c1-14(19,12-6-5-11(16)9-13(12)17)15(10-18)7-3-2-4-8-15/h5-6,9,19H,2-4,7-8H2,1H3. The van der Waals surface area contributed by atoms with Crippen LogP contribution in [0.3, 0.4) is 0 Å². The molecule has 1 aliphatic carbocycles. The van der Waals surface area contributed by atoms with Crippen molar-refractivity contribution in [3.63, 3.8) is 0 Å². The lowest BCUT2D eigenvalue weighted by Gasteiger charge is -2.43. The van der Waals surface area contributed by atoms with Crippen molar-refractivity contribution in [3.05, 3.63) is 33.3 Å². The van der Waals surface area contributed by atoms with Gasteiger partial charge < -0.3 is 5.11 Å². The number of halogens is 2.